The first-order valence-corrected chi connectivity index (χ1v) is 5.98. The molecule has 0 aliphatic rings. The Morgan fingerprint density at radius 1 is 1.47 bits per heavy atom. The summed E-state index contributed by atoms with van der Waals surface area (Å²) in [5.74, 6) is 1.03. The Hall–Kier alpha value is -1.19. The summed E-state index contributed by atoms with van der Waals surface area (Å²) >= 11 is 6.14. The molecule has 2 aromatic rings. The molecule has 1 heterocycles. The average Bonchev–Trinajstić information content (AvgIpc) is 2.64. The third-order valence-electron chi connectivity index (χ3n) is 3.18. The van der Waals surface area contributed by atoms with Crippen LogP contribution in [-0.2, 0) is 7.05 Å². The Bertz CT molecular complexity index is 548. The van der Waals surface area contributed by atoms with E-state index < -0.39 is 0 Å². The SMILES string of the molecule is COc1cc2c(C(C)CN)cn(C)c2cc1Cl. The number of methoxy groups -OCH3 is 1. The number of rotatable bonds is 3. The maximum absolute atomic E-state index is 6.14. The van der Waals surface area contributed by atoms with Crippen LogP contribution in [0.1, 0.15) is 18.4 Å². The van der Waals surface area contributed by atoms with E-state index in [1.165, 1.54) is 5.56 Å². The number of halogens is 1. The van der Waals surface area contributed by atoms with Gasteiger partial charge < -0.3 is 15.0 Å². The van der Waals surface area contributed by atoms with Crippen LogP contribution in [0.25, 0.3) is 10.9 Å². The van der Waals surface area contributed by atoms with Crippen LogP contribution in [0, 0.1) is 0 Å². The van der Waals surface area contributed by atoms with Crippen molar-refractivity contribution >= 4 is 22.5 Å². The Morgan fingerprint density at radius 2 is 2.18 bits per heavy atom. The highest BCUT2D eigenvalue weighted by atomic mass is 35.5. The molecule has 17 heavy (non-hydrogen) atoms. The summed E-state index contributed by atoms with van der Waals surface area (Å²) in [6, 6.07) is 3.92. The highest BCUT2D eigenvalue weighted by Gasteiger charge is 2.14. The van der Waals surface area contributed by atoms with Crippen LogP contribution in [0.5, 0.6) is 5.75 Å². The molecule has 2 rings (SSSR count). The van der Waals surface area contributed by atoms with Gasteiger partial charge in [0.05, 0.1) is 12.1 Å². The fourth-order valence-electron chi connectivity index (χ4n) is 2.09. The molecule has 0 saturated carbocycles. The lowest BCUT2D eigenvalue weighted by atomic mass is 10.0. The zero-order chi connectivity index (χ0) is 12.6. The highest BCUT2D eigenvalue weighted by Crippen LogP contribution is 2.34. The van der Waals surface area contributed by atoms with Gasteiger partial charge in [-0.1, -0.05) is 18.5 Å². The first-order chi connectivity index (χ1) is 8.08. The van der Waals surface area contributed by atoms with E-state index in [1.54, 1.807) is 7.11 Å². The van der Waals surface area contributed by atoms with Crippen molar-refractivity contribution in [3.05, 3.63) is 28.9 Å². The molecule has 2 N–H and O–H groups in total. The van der Waals surface area contributed by atoms with Gasteiger partial charge in [-0.25, -0.2) is 0 Å². The molecule has 0 aliphatic carbocycles. The van der Waals surface area contributed by atoms with Crippen molar-refractivity contribution in [2.24, 2.45) is 12.8 Å². The maximum Gasteiger partial charge on any atom is 0.138 e. The van der Waals surface area contributed by atoms with E-state index in [0.29, 0.717) is 23.2 Å². The van der Waals surface area contributed by atoms with Crippen LogP contribution in [0.2, 0.25) is 5.02 Å². The number of hydrogen-bond acceptors (Lipinski definition) is 2. The van der Waals surface area contributed by atoms with E-state index in [1.807, 2.05) is 19.2 Å². The molecule has 1 unspecified atom stereocenters. The molecule has 0 bridgehead atoms. The van der Waals surface area contributed by atoms with E-state index in [0.717, 1.165) is 10.9 Å². The normalized spacial score (nSPS) is 13.0. The van der Waals surface area contributed by atoms with Gasteiger partial charge in [0.25, 0.3) is 0 Å². The van der Waals surface area contributed by atoms with Crippen LogP contribution in [0.4, 0.5) is 0 Å². The third-order valence-corrected chi connectivity index (χ3v) is 3.47. The Kier molecular flexibility index (Phi) is 3.31. The van der Waals surface area contributed by atoms with Gasteiger partial charge in [-0.2, -0.15) is 0 Å². The summed E-state index contributed by atoms with van der Waals surface area (Å²) < 4.78 is 7.33. The van der Waals surface area contributed by atoms with Crippen LogP contribution in [0.15, 0.2) is 18.3 Å². The van der Waals surface area contributed by atoms with Crippen LogP contribution in [0.3, 0.4) is 0 Å². The van der Waals surface area contributed by atoms with Gasteiger partial charge >= 0.3 is 0 Å². The summed E-state index contributed by atoms with van der Waals surface area (Å²) in [5, 5.41) is 1.79. The van der Waals surface area contributed by atoms with Crippen molar-refractivity contribution in [3.63, 3.8) is 0 Å². The van der Waals surface area contributed by atoms with Crippen molar-refractivity contribution in [3.8, 4) is 5.75 Å². The fourth-order valence-corrected chi connectivity index (χ4v) is 2.32. The number of aromatic nitrogens is 1. The Labute approximate surface area is 106 Å². The highest BCUT2D eigenvalue weighted by molar-refractivity contribution is 6.32. The number of ether oxygens (including phenoxy) is 1. The van der Waals surface area contributed by atoms with Gasteiger partial charge in [0.15, 0.2) is 0 Å². The largest absolute Gasteiger partial charge is 0.495 e. The van der Waals surface area contributed by atoms with E-state index in [4.69, 9.17) is 22.1 Å². The van der Waals surface area contributed by atoms with Crippen LogP contribution in [-0.4, -0.2) is 18.2 Å². The summed E-state index contributed by atoms with van der Waals surface area (Å²) in [7, 11) is 3.64. The molecule has 0 radical (unpaired) electrons. The molecule has 3 nitrogen and oxygen atoms in total. The minimum Gasteiger partial charge on any atom is -0.495 e. The molecule has 4 heteroatoms. The topological polar surface area (TPSA) is 40.2 Å². The second kappa shape index (κ2) is 4.59. The predicted octanol–water partition coefficient (Wildman–Crippen LogP) is 2.90. The number of nitrogens with two attached hydrogens (primary N) is 1. The zero-order valence-corrected chi connectivity index (χ0v) is 11.1. The molecule has 1 atom stereocenters. The molecule has 1 aromatic carbocycles. The number of fused-ring (bicyclic) bond motifs is 1. The lowest BCUT2D eigenvalue weighted by Gasteiger charge is -2.08. The maximum atomic E-state index is 6.14. The van der Waals surface area contributed by atoms with E-state index >= 15 is 0 Å². The fraction of sp³-hybridized carbons (Fsp3) is 0.385. The third kappa shape index (κ3) is 2.01. The predicted molar refractivity (Wildman–Crippen MR) is 72.0 cm³/mol. The summed E-state index contributed by atoms with van der Waals surface area (Å²) in [4.78, 5) is 0. The quantitative estimate of drug-likeness (QED) is 0.913. The summed E-state index contributed by atoms with van der Waals surface area (Å²) in [5.41, 5.74) is 8.08. The molecule has 0 aliphatic heterocycles. The molecule has 0 spiro atoms. The van der Waals surface area contributed by atoms with Crippen molar-refractivity contribution in [1.29, 1.82) is 0 Å². The van der Waals surface area contributed by atoms with Crippen LogP contribution >= 0.6 is 11.6 Å². The van der Waals surface area contributed by atoms with Gasteiger partial charge in [-0.15, -0.1) is 0 Å². The molecular formula is C13H17ClN2O. The van der Waals surface area contributed by atoms with Crippen molar-refractivity contribution in [2.75, 3.05) is 13.7 Å². The molecule has 0 saturated heterocycles. The minimum atomic E-state index is 0.324. The number of aryl methyl sites for hydroxylation is 1. The molecule has 0 fully saturated rings. The smallest absolute Gasteiger partial charge is 0.138 e. The van der Waals surface area contributed by atoms with E-state index in [-0.39, 0.29) is 0 Å². The van der Waals surface area contributed by atoms with Gasteiger partial charge in [0.2, 0.25) is 0 Å². The lowest BCUT2D eigenvalue weighted by molar-refractivity contribution is 0.415. The van der Waals surface area contributed by atoms with Gasteiger partial charge in [-0.3, -0.25) is 0 Å². The summed E-state index contributed by atoms with van der Waals surface area (Å²) in [6.45, 7) is 2.75. The number of benzene rings is 1. The number of nitrogens with zero attached hydrogens (tertiary/aromatic N) is 1. The lowest BCUT2D eigenvalue weighted by Crippen LogP contribution is -2.08. The van der Waals surface area contributed by atoms with Gasteiger partial charge in [0.1, 0.15) is 5.75 Å². The number of hydrogen-bond donors (Lipinski definition) is 1. The molecule has 1 aromatic heterocycles. The van der Waals surface area contributed by atoms with Gasteiger partial charge in [-0.05, 0) is 30.2 Å². The second-order valence-electron chi connectivity index (χ2n) is 4.34. The van der Waals surface area contributed by atoms with Crippen LogP contribution < -0.4 is 10.5 Å². The standard InChI is InChI=1S/C13H17ClN2O/c1-8(6-15)10-7-16(2)12-5-11(14)13(17-3)4-9(10)12/h4-5,7-8H,6,15H2,1-3H3. The average molecular weight is 253 g/mol. The van der Waals surface area contributed by atoms with Crippen molar-refractivity contribution in [2.45, 2.75) is 12.8 Å². The van der Waals surface area contributed by atoms with Gasteiger partial charge in [0, 0.05) is 24.1 Å². The molecule has 92 valence electrons. The molecule has 0 amide bonds. The molecular weight excluding hydrogens is 236 g/mol. The Morgan fingerprint density at radius 3 is 2.76 bits per heavy atom. The first-order valence-electron chi connectivity index (χ1n) is 5.61. The first kappa shape index (κ1) is 12.3. The second-order valence-corrected chi connectivity index (χ2v) is 4.74. The minimum absolute atomic E-state index is 0.324. The Balaban J connectivity index is 2.71. The van der Waals surface area contributed by atoms with Crippen molar-refractivity contribution < 1.29 is 4.74 Å². The van der Waals surface area contributed by atoms with E-state index in [9.17, 15) is 0 Å². The van der Waals surface area contributed by atoms with E-state index in [2.05, 4.69) is 17.7 Å². The summed E-state index contributed by atoms with van der Waals surface area (Å²) in [6.07, 6.45) is 2.11. The monoisotopic (exact) mass is 252 g/mol. The zero-order valence-electron chi connectivity index (χ0n) is 10.3. The van der Waals surface area contributed by atoms with Crippen molar-refractivity contribution in [1.82, 2.24) is 4.57 Å².